The Morgan fingerprint density at radius 3 is 2.37 bits per heavy atom. The number of nitrogens with zero attached hydrogens (tertiary/aromatic N) is 5. The summed E-state index contributed by atoms with van der Waals surface area (Å²) < 4.78 is 2.10. The van der Waals surface area contributed by atoms with Crippen molar-refractivity contribution in [2.24, 2.45) is 0 Å². The van der Waals surface area contributed by atoms with E-state index >= 15 is 0 Å². The van der Waals surface area contributed by atoms with Gasteiger partial charge in [-0.3, -0.25) is 9.36 Å². The maximum Gasteiger partial charge on any atom is 0.235 e. The highest BCUT2D eigenvalue weighted by Gasteiger charge is 2.26. The number of benzene rings is 1. The molecule has 1 aromatic carbocycles. The van der Waals surface area contributed by atoms with Crippen molar-refractivity contribution in [1.29, 1.82) is 0 Å². The number of hydrogen-bond acceptors (Lipinski definition) is 5. The molecule has 1 amide bonds. The van der Waals surface area contributed by atoms with E-state index in [0.717, 1.165) is 43.0 Å². The third-order valence-electron chi connectivity index (χ3n) is 5.00. The lowest BCUT2D eigenvalue weighted by Crippen LogP contribution is -2.36. The van der Waals surface area contributed by atoms with Crippen LogP contribution >= 0.6 is 11.8 Å². The second-order valence-electron chi connectivity index (χ2n) is 6.92. The van der Waals surface area contributed by atoms with Crippen molar-refractivity contribution >= 4 is 23.6 Å². The average molecular weight is 388 g/mol. The van der Waals surface area contributed by atoms with E-state index in [9.17, 15) is 4.79 Å². The molecule has 1 aliphatic heterocycles. The van der Waals surface area contributed by atoms with Crippen LogP contribution in [0, 0.1) is 6.92 Å². The minimum Gasteiger partial charge on any atom is -0.342 e. The molecule has 3 rings (SSSR count). The Hall–Kier alpha value is -2.02. The summed E-state index contributed by atoms with van der Waals surface area (Å²) in [4.78, 5) is 16.9. The van der Waals surface area contributed by atoms with Crippen LogP contribution in [-0.4, -0.2) is 57.0 Å². The molecule has 0 bridgehead atoms. The highest BCUT2D eigenvalue weighted by atomic mass is 32.2. The molecule has 146 valence electrons. The molecule has 0 radical (unpaired) electrons. The van der Waals surface area contributed by atoms with Crippen molar-refractivity contribution in [2.75, 3.05) is 31.1 Å². The first-order valence-electron chi connectivity index (χ1n) is 9.78. The van der Waals surface area contributed by atoms with Gasteiger partial charge in [0.25, 0.3) is 0 Å². The van der Waals surface area contributed by atoms with Crippen LogP contribution in [0.5, 0.6) is 0 Å². The number of anilines is 1. The van der Waals surface area contributed by atoms with Crippen molar-refractivity contribution < 1.29 is 4.79 Å². The van der Waals surface area contributed by atoms with E-state index in [-0.39, 0.29) is 11.2 Å². The van der Waals surface area contributed by atoms with Crippen molar-refractivity contribution in [1.82, 2.24) is 19.7 Å². The van der Waals surface area contributed by atoms with E-state index in [1.165, 1.54) is 30.2 Å². The molecule has 2 aromatic rings. The zero-order valence-corrected chi connectivity index (χ0v) is 17.5. The molecule has 1 atom stereocenters. The van der Waals surface area contributed by atoms with E-state index in [1.807, 2.05) is 25.7 Å². The Balaban J connectivity index is 1.92. The van der Waals surface area contributed by atoms with Crippen LogP contribution in [0.1, 0.15) is 39.2 Å². The maximum atomic E-state index is 12.7. The Morgan fingerprint density at radius 1 is 1.15 bits per heavy atom. The Kier molecular flexibility index (Phi) is 6.42. The summed E-state index contributed by atoms with van der Waals surface area (Å²) in [6.45, 7) is 11.5. The van der Waals surface area contributed by atoms with Crippen molar-refractivity contribution in [3.05, 3.63) is 29.8 Å². The lowest BCUT2D eigenvalue weighted by molar-refractivity contribution is -0.129. The van der Waals surface area contributed by atoms with Gasteiger partial charge >= 0.3 is 0 Å². The number of aryl methyl sites for hydroxylation is 1. The minimum absolute atomic E-state index is 0.145. The summed E-state index contributed by atoms with van der Waals surface area (Å²) in [5, 5.41) is 9.51. The molecule has 1 unspecified atom stereocenters. The van der Waals surface area contributed by atoms with Gasteiger partial charge in [-0.1, -0.05) is 29.5 Å². The number of amides is 1. The van der Waals surface area contributed by atoms with Gasteiger partial charge < -0.3 is 9.80 Å². The molecule has 0 N–H and O–H groups in total. The zero-order valence-electron chi connectivity index (χ0n) is 16.7. The second-order valence-corrected chi connectivity index (χ2v) is 8.23. The number of thioether (sulfide) groups is 1. The van der Waals surface area contributed by atoms with Crippen LogP contribution in [-0.2, 0) is 4.79 Å². The molecule has 0 aliphatic carbocycles. The first-order valence-corrected chi connectivity index (χ1v) is 10.7. The fourth-order valence-electron chi connectivity index (χ4n) is 3.38. The number of hydrogen-bond donors (Lipinski definition) is 0. The molecule has 1 fully saturated rings. The molecule has 27 heavy (non-hydrogen) atoms. The largest absolute Gasteiger partial charge is 0.342 e. The fraction of sp³-hybridized carbons (Fsp3) is 0.550. The third kappa shape index (κ3) is 4.29. The fourth-order valence-corrected chi connectivity index (χ4v) is 4.33. The predicted octanol–water partition coefficient (Wildman–Crippen LogP) is 3.52. The number of carbonyl (C=O) groups is 1. The molecule has 1 saturated heterocycles. The highest BCUT2D eigenvalue weighted by Crippen LogP contribution is 2.31. The van der Waals surface area contributed by atoms with Gasteiger partial charge in [0, 0.05) is 26.2 Å². The summed E-state index contributed by atoms with van der Waals surface area (Å²) in [5.41, 5.74) is 2.26. The van der Waals surface area contributed by atoms with Gasteiger partial charge in [-0.2, -0.15) is 0 Å². The van der Waals surface area contributed by atoms with Gasteiger partial charge in [-0.05, 0) is 52.7 Å². The lowest BCUT2D eigenvalue weighted by Gasteiger charge is -2.23. The van der Waals surface area contributed by atoms with Crippen LogP contribution in [0.4, 0.5) is 5.95 Å². The maximum absolute atomic E-state index is 12.7. The Labute approximate surface area is 165 Å². The normalized spacial score (nSPS) is 15.2. The zero-order chi connectivity index (χ0) is 19.4. The van der Waals surface area contributed by atoms with Gasteiger partial charge in [0.2, 0.25) is 11.9 Å². The van der Waals surface area contributed by atoms with Gasteiger partial charge in [0.1, 0.15) is 0 Å². The lowest BCUT2D eigenvalue weighted by atomic mass is 10.2. The Bertz CT molecular complexity index is 763. The van der Waals surface area contributed by atoms with Crippen LogP contribution in [0.3, 0.4) is 0 Å². The van der Waals surface area contributed by atoms with Crippen LogP contribution in [0.15, 0.2) is 29.4 Å². The highest BCUT2D eigenvalue weighted by molar-refractivity contribution is 8.00. The standard InChI is InChI=1S/C20H29N5OS/c1-5-23(6-2)18(26)16(4)27-20-22-21-19(24-13-7-8-14-24)25(20)17-11-9-15(3)10-12-17/h9-12,16H,5-8,13-14H2,1-4H3. The number of carbonyl (C=O) groups excluding carboxylic acids is 1. The van der Waals surface area contributed by atoms with E-state index < -0.39 is 0 Å². The van der Waals surface area contributed by atoms with Gasteiger partial charge in [-0.15, -0.1) is 10.2 Å². The van der Waals surface area contributed by atoms with Crippen LogP contribution < -0.4 is 4.90 Å². The van der Waals surface area contributed by atoms with Gasteiger partial charge in [0.15, 0.2) is 5.16 Å². The molecule has 6 nitrogen and oxygen atoms in total. The molecular weight excluding hydrogens is 358 g/mol. The number of aromatic nitrogens is 3. The quantitative estimate of drug-likeness (QED) is 0.681. The molecule has 0 spiro atoms. The van der Waals surface area contributed by atoms with E-state index in [4.69, 9.17) is 0 Å². The summed E-state index contributed by atoms with van der Waals surface area (Å²) in [6, 6.07) is 8.39. The third-order valence-corrected chi connectivity index (χ3v) is 6.03. The first-order chi connectivity index (χ1) is 13.0. The van der Waals surface area contributed by atoms with E-state index in [0.29, 0.717) is 0 Å². The molecule has 1 aliphatic rings. The van der Waals surface area contributed by atoms with Gasteiger partial charge in [-0.25, -0.2) is 0 Å². The van der Waals surface area contributed by atoms with E-state index in [2.05, 4.69) is 50.9 Å². The molecule has 7 heteroatoms. The second kappa shape index (κ2) is 8.78. The Morgan fingerprint density at radius 2 is 1.78 bits per heavy atom. The monoisotopic (exact) mass is 387 g/mol. The van der Waals surface area contributed by atoms with Crippen LogP contribution in [0.25, 0.3) is 5.69 Å². The molecule has 2 heterocycles. The summed E-state index contributed by atoms with van der Waals surface area (Å²) >= 11 is 1.49. The first kappa shape index (κ1) is 19.7. The van der Waals surface area contributed by atoms with Crippen LogP contribution in [0.2, 0.25) is 0 Å². The average Bonchev–Trinajstić information content (AvgIpc) is 3.33. The van der Waals surface area contributed by atoms with Gasteiger partial charge in [0.05, 0.1) is 10.9 Å². The number of rotatable bonds is 7. The predicted molar refractivity (Wildman–Crippen MR) is 111 cm³/mol. The summed E-state index contributed by atoms with van der Waals surface area (Å²) in [7, 11) is 0. The molecular formula is C20H29N5OS. The van der Waals surface area contributed by atoms with Crippen molar-refractivity contribution in [2.45, 2.75) is 50.9 Å². The van der Waals surface area contributed by atoms with Crippen molar-refractivity contribution in [3.8, 4) is 5.69 Å². The minimum atomic E-state index is -0.204. The molecule has 0 saturated carbocycles. The summed E-state index contributed by atoms with van der Waals surface area (Å²) in [6.07, 6.45) is 2.36. The van der Waals surface area contributed by atoms with E-state index in [1.54, 1.807) is 0 Å². The van der Waals surface area contributed by atoms with Crippen molar-refractivity contribution in [3.63, 3.8) is 0 Å². The smallest absolute Gasteiger partial charge is 0.235 e. The topological polar surface area (TPSA) is 54.3 Å². The summed E-state index contributed by atoms with van der Waals surface area (Å²) in [5.74, 6) is 1.02. The SMILES string of the molecule is CCN(CC)C(=O)C(C)Sc1nnc(N2CCCC2)n1-c1ccc(C)cc1. The molecule has 1 aromatic heterocycles.